The Bertz CT molecular complexity index is 1210. The largest absolute Gasteiger partial charge is 0.496 e. The Labute approximate surface area is 207 Å². The van der Waals surface area contributed by atoms with Crippen LogP contribution in [-0.2, 0) is 14.8 Å². The molecule has 0 aliphatic rings. The van der Waals surface area contributed by atoms with E-state index in [1.165, 1.54) is 18.2 Å². The monoisotopic (exact) mass is 505 g/mol. The molecule has 35 heavy (non-hydrogen) atoms. The lowest BCUT2D eigenvalue weighted by Gasteiger charge is -2.32. The van der Waals surface area contributed by atoms with Crippen molar-refractivity contribution in [2.24, 2.45) is 0 Å². The highest BCUT2D eigenvalue weighted by molar-refractivity contribution is 7.92. The van der Waals surface area contributed by atoms with Crippen molar-refractivity contribution in [3.8, 4) is 5.75 Å². The maximum Gasteiger partial charge on any atom is 0.271 e. The van der Waals surface area contributed by atoms with Gasteiger partial charge >= 0.3 is 0 Å². The number of nitro benzene ring substituents is 1. The zero-order chi connectivity index (χ0) is 26.7. The summed E-state index contributed by atoms with van der Waals surface area (Å²) < 4.78 is 32.2. The molecule has 2 rings (SSSR count). The second-order valence-corrected chi connectivity index (χ2v) is 10.9. The summed E-state index contributed by atoms with van der Waals surface area (Å²) in [6.07, 6.45) is 1.17. The van der Waals surface area contributed by atoms with Crippen LogP contribution in [0.25, 0.3) is 0 Å². The topological polar surface area (TPSA) is 119 Å². The number of amides is 1. The van der Waals surface area contributed by atoms with Gasteiger partial charge in [-0.25, -0.2) is 8.42 Å². The first kappa shape index (κ1) is 28.1. The van der Waals surface area contributed by atoms with Crippen LogP contribution in [0.5, 0.6) is 5.75 Å². The van der Waals surface area contributed by atoms with E-state index >= 15 is 0 Å². The molecule has 0 saturated heterocycles. The summed E-state index contributed by atoms with van der Waals surface area (Å²) >= 11 is 0. The summed E-state index contributed by atoms with van der Waals surface area (Å²) in [7, 11) is -2.32. The third-order valence-electron chi connectivity index (χ3n) is 6.04. The highest BCUT2D eigenvalue weighted by atomic mass is 32.2. The third kappa shape index (κ3) is 6.30. The number of non-ortho nitro benzene ring substituents is 1. The van der Waals surface area contributed by atoms with E-state index in [2.05, 4.69) is 19.2 Å². The van der Waals surface area contributed by atoms with Crippen molar-refractivity contribution in [1.29, 1.82) is 0 Å². The molecule has 2 atom stereocenters. The van der Waals surface area contributed by atoms with Crippen LogP contribution < -0.4 is 14.4 Å². The first-order valence-electron chi connectivity index (χ1n) is 11.5. The van der Waals surface area contributed by atoms with E-state index in [1.54, 1.807) is 21.0 Å². The molecule has 0 heterocycles. The lowest BCUT2D eigenvalue weighted by molar-refractivity contribution is -0.384. The van der Waals surface area contributed by atoms with Crippen LogP contribution in [0.1, 0.15) is 68.3 Å². The zero-order valence-corrected chi connectivity index (χ0v) is 22.4. The summed E-state index contributed by atoms with van der Waals surface area (Å²) in [5, 5.41) is 14.3. The number of aryl methyl sites for hydroxylation is 2. The minimum atomic E-state index is -3.94. The van der Waals surface area contributed by atoms with Crippen molar-refractivity contribution < 1.29 is 22.9 Å². The van der Waals surface area contributed by atoms with E-state index in [-0.39, 0.29) is 23.7 Å². The molecule has 0 fully saturated rings. The molecule has 0 saturated carbocycles. The Kier molecular flexibility index (Phi) is 8.89. The molecule has 0 aliphatic heterocycles. The number of hydrogen-bond acceptors (Lipinski definition) is 6. The number of nitrogens with zero attached hydrogens (tertiary/aromatic N) is 2. The zero-order valence-electron chi connectivity index (χ0n) is 21.6. The number of anilines is 1. The standard InChI is InChI=1S/C25H35N3O6S/c1-9-22(27(35(8,32)33)23-13-19(28(30)31)11-10-16(23)4)25(29)26-18(6)21-14-20(15(2)3)24(34-7)12-17(21)5/h10-15,18,22H,9H2,1-8H3,(H,26,29)/t18-,22-/m0/s1. The molecule has 0 radical (unpaired) electrons. The van der Waals surface area contributed by atoms with Gasteiger partial charge in [-0.2, -0.15) is 0 Å². The number of nitro groups is 1. The van der Waals surface area contributed by atoms with Crippen molar-refractivity contribution in [2.75, 3.05) is 17.7 Å². The summed E-state index contributed by atoms with van der Waals surface area (Å²) in [6.45, 7) is 11.2. The number of benzene rings is 2. The van der Waals surface area contributed by atoms with Crippen LogP contribution in [0, 0.1) is 24.0 Å². The third-order valence-corrected chi connectivity index (χ3v) is 7.20. The van der Waals surface area contributed by atoms with Crippen molar-refractivity contribution >= 4 is 27.3 Å². The van der Waals surface area contributed by atoms with Gasteiger partial charge in [-0.15, -0.1) is 0 Å². The quantitative estimate of drug-likeness (QED) is 0.367. The fourth-order valence-corrected chi connectivity index (χ4v) is 5.44. The van der Waals surface area contributed by atoms with Crippen LogP contribution in [0.4, 0.5) is 11.4 Å². The van der Waals surface area contributed by atoms with E-state index in [4.69, 9.17) is 4.74 Å². The minimum Gasteiger partial charge on any atom is -0.496 e. The maximum absolute atomic E-state index is 13.4. The van der Waals surface area contributed by atoms with E-state index < -0.39 is 32.9 Å². The molecule has 0 unspecified atom stereocenters. The Morgan fingerprint density at radius 2 is 1.74 bits per heavy atom. The summed E-state index contributed by atoms with van der Waals surface area (Å²) in [5.41, 5.74) is 3.20. The summed E-state index contributed by atoms with van der Waals surface area (Å²) in [4.78, 5) is 24.1. The first-order chi connectivity index (χ1) is 16.2. The normalized spacial score (nSPS) is 13.3. The SMILES string of the molecule is CC[C@@H](C(=O)N[C@@H](C)c1cc(C(C)C)c(OC)cc1C)N(c1cc([N+](=O)[O-])ccc1C)S(C)(=O)=O. The maximum atomic E-state index is 13.4. The van der Waals surface area contributed by atoms with Crippen molar-refractivity contribution in [2.45, 2.75) is 66.0 Å². The molecule has 0 aliphatic carbocycles. The van der Waals surface area contributed by atoms with Crippen LogP contribution in [0.3, 0.4) is 0 Å². The second kappa shape index (κ2) is 11.1. The molecule has 10 heteroatoms. The van der Waals surface area contributed by atoms with Crippen LogP contribution in [0.15, 0.2) is 30.3 Å². The number of carbonyl (C=O) groups excluding carboxylic acids is 1. The molecule has 0 spiro atoms. The minimum absolute atomic E-state index is 0.110. The number of hydrogen-bond donors (Lipinski definition) is 1. The number of ether oxygens (including phenoxy) is 1. The van der Waals surface area contributed by atoms with Gasteiger partial charge in [0.2, 0.25) is 15.9 Å². The molecule has 2 aromatic rings. The summed E-state index contributed by atoms with van der Waals surface area (Å²) in [5.74, 6) is 0.487. The molecule has 1 N–H and O–H groups in total. The average molecular weight is 506 g/mol. The lowest BCUT2D eigenvalue weighted by atomic mass is 9.93. The molecule has 192 valence electrons. The first-order valence-corrected chi connectivity index (χ1v) is 13.3. The predicted octanol–water partition coefficient (Wildman–Crippen LogP) is 4.77. The van der Waals surface area contributed by atoms with Gasteiger partial charge in [-0.05, 0) is 67.5 Å². The fourth-order valence-electron chi connectivity index (χ4n) is 4.18. The van der Waals surface area contributed by atoms with Gasteiger partial charge in [-0.3, -0.25) is 19.2 Å². The van der Waals surface area contributed by atoms with Crippen molar-refractivity contribution in [3.63, 3.8) is 0 Å². The summed E-state index contributed by atoms with van der Waals surface area (Å²) in [6, 6.07) is 6.42. The van der Waals surface area contributed by atoms with Gasteiger partial charge in [0.05, 0.1) is 30.0 Å². The van der Waals surface area contributed by atoms with Gasteiger partial charge in [0.25, 0.3) is 5.69 Å². The van der Waals surface area contributed by atoms with Gasteiger partial charge in [0.1, 0.15) is 11.8 Å². The lowest BCUT2D eigenvalue weighted by Crippen LogP contribution is -2.50. The van der Waals surface area contributed by atoms with Gasteiger partial charge in [0, 0.05) is 12.1 Å². The molecule has 0 aromatic heterocycles. The fraction of sp³-hybridized carbons (Fsp3) is 0.480. The highest BCUT2D eigenvalue weighted by Gasteiger charge is 2.34. The van der Waals surface area contributed by atoms with Crippen LogP contribution in [0.2, 0.25) is 0 Å². The second-order valence-electron chi connectivity index (χ2n) is 9.05. The molecule has 1 amide bonds. The molecule has 0 bridgehead atoms. The Morgan fingerprint density at radius 1 is 1.11 bits per heavy atom. The predicted molar refractivity (Wildman–Crippen MR) is 138 cm³/mol. The van der Waals surface area contributed by atoms with E-state index in [9.17, 15) is 23.3 Å². The molecular formula is C25H35N3O6S. The van der Waals surface area contributed by atoms with Crippen LogP contribution in [-0.4, -0.2) is 38.7 Å². The van der Waals surface area contributed by atoms with Crippen LogP contribution >= 0.6 is 0 Å². The van der Waals surface area contributed by atoms with Gasteiger partial charge in [0.15, 0.2) is 0 Å². The Balaban J connectivity index is 2.48. The smallest absolute Gasteiger partial charge is 0.271 e. The molecule has 2 aromatic carbocycles. The highest BCUT2D eigenvalue weighted by Crippen LogP contribution is 2.33. The average Bonchev–Trinajstić information content (AvgIpc) is 2.76. The van der Waals surface area contributed by atoms with Gasteiger partial charge < -0.3 is 10.1 Å². The van der Waals surface area contributed by atoms with Crippen molar-refractivity contribution in [1.82, 2.24) is 5.32 Å². The molecule has 9 nitrogen and oxygen atoms in total. The van der Waals surface area contributed by atoms with Gasteiger partial charge in [-0.1, -0.05) is 26.8 Å². The number of rotatable bonds is 10. The molecular weight excluding hydrogens is 470 g/mol. The van der Waals surface area contributed by atoms with E-state index in [0.29, 0.717) is 5.56 Å². The van der Waals surface area contributed by atoms with E-state index in [1.807, 2.05) is 26.0 Å². The number of nitrogens with one attached hydrogen (secondary N) is 1. The Morgan fingerprint density at radius 3 is 2.23 bits per heavy atom. The number of sulfonamides is 1. The number of methoxy groups -OCH3 is 1. The van der Waals surface area contributed by atoms with Crippen molar-refractivity contribution in [3.05, 3.63) is 62.7 Å². The Hall–Kier alpha value is -3.14. The number of carbonyl (C=O) groups is 1. The van der Waals surface area contributed by atoms with E-state index in [0.717, 1.165) is 33.0 Å².